The molecule has 0 bridgehead atoms. The Morgan fingerprint density at radius 3 is 2.29 bits per heavy atom. The van der Waals surface area contributed by atoms with Gasteiger partial charge in [-0.05, 0) is 41.0 Å². The Morgan fingerprint density at radius 2 is 1.54 bits per heavy atom. The fourth-order valence-electron chi connectivity index (χ4n) is 2.72. The van der Waals surface area contributed by atoms with Gasteiger partial charge in [0.2, 0.25) is 0 Å². The van der Waals surface area contributed by atoms with Gasteiger partial charge in [-0.15, -0.1) is 0 Å². The number of hydrogen-bond donors (Lipinski definition) is 2. The minimum Gasteiger partial charge on any atom is -0.497 e. The first-order chi connectivity index (χ1) is 13.7. The van der Waals surface area contributed by atoms with Crippen LogP contribution < -0.4 is 15.8 Å². The summed E-state index contributed by atoms with van der Waals surface area (Å²) in [5.41, 5.74) is 10.2. The van der Waals surface area contributed by atoms with E-state index in [1.54, 1.807) is 7.11 Å². The second-order valence-electron chi connectivity index (χ2n) is 6.35. The van der Waals surface area contributed by atoms with E-state index in [2.05, 4.69) is 34.6 Å². The summed E-state index contributed by atoms with van der Waals surface area (Å²) in [5.74, 6) is 1.17. The maximum atomic E-state index is 5.99. The molecule has 0 unspecified atom stereocenters. The molecule has 0 spiro atoms. The summed E-state index contributed by atoms with van der Waals surface area (Å²) in [4.78, 5) is 4.41. The predicted octanol–water partition coefficient (Wildman–Crippen LogP) is 4.34. The molecule has 0 atom stereocenters. The lowest BCUT2D eigenvalue weighted by Crippen LogP contribution is -2.22. The Morgan fingerprint density at radius 1 is 0.857 bits per heavy atom. The van der Waals surface area contributed by atoms with Gasteiger partial charge in [0.25, 0.3) is 0 Å². The van der Waals surface area contributed by atoms with Crippen LogP contribution >= 0.6 is 0 Å². The maximum Gasteiger partial charge on any atom is 0.193 e. The lowest BCUT2D eigenvalue weighted by molar-refractivity contribution is 0.107. The van der Waals surface area contributed by atoms with Crippen LogP contribution in [-0.4, -0.2) is 13.1 Å². The van der Waals surface area contributed by atoms with Gasteiger partial charge in [-0.25, -0.2) is 4.99 Å². The van der Waals surface area contributed by atoms with Crippen molar-refractivity contribution in [2.45, 2.75) is 19.8 Å². The number of ether oxygens (including phenoxy) is 2. The summed E-state index contributed by atoms with van der Waals surface area (Å²) in [6.45, 7) is 1.66. The van der Waals surface area contributed by atoms with Crippen LogP contribution in [0.5, 0.6) is 5.75 Å². The van der Waals surface area contributed by atoms with Gasteiger partial charge in [0, 0.05) is 5.69 Å². The molecule has 0 radical (unpaired) electrons. The quantitative estimate of drug-likeness (QED) is 0.454. The number of hydrogen-bond acceptors (Lipinski definition) is 3. The highest BCUT2D eigenvalue weighted by molar-refractivity contribution is 5.92. The highest BCUT2D eigenvalue weighted by atomic mass is 16.5. The van der Waals surface area contributed by atoms with Crippen molar-refractivity contribution in [3.05, 3.63) is 95.6 Å². The topological polar surface area (TPSA) is 68.9 Å². The molecule has 3 N–H and O–H groups in total. The number of benzene rings is 3. The van der Waals surface area contributed by atoms with Gasteiger partial charge < -0.3 is 20.5 Å². The molecule has 3 rings (SSSR count). The zero-order chi connectivity index (χ0) is 19.6. The number of anilines is 1. The molecular weight excluding hydrogens is 350 g/mol. The van der Waals surface area contributed by atoms with E-state index in [1.807, 2.05) is 54.6 Å². The van der Waals surface area contributed by atoms with Crippen molar-refractivity contribution in [1.82, 2.24) is 0 Å². The smallest absolute Gasteiger partial charge is 0.193 e. The summed E-state index contributed by atoms with van der Waals surface area (Å²) in [6.07, 6.45) is 0. The Labute approximate surface area is 165 Å². The summed E-state index contributed by atoms with van der Waals surface area (Å²) < 4.78 is 10.9. The van der Waals surface area contributed by atoms with E-state index in [0.29, 0.717) is 25.7 Å². The summed E-state index contributed by atoms with van der Waals surface area (Å²) in [7, 11) is 1.64. The molecule has 3 aromatic rings. The fraction of sp³-hybridized carbons (Fsp3) is 0.174. The van der Waals surface area contributed by atoms with Gasteiger partial charge in [0.05, 0.1) is 26.9 Å². The van der Waals surface area contributed by atoms with Crippen LogP contribution in [0, 0.1) is 0 Å². The molecule has 0 amide bonds. The van der Waals surface area contributed by atoms with Crippen LogP contribution in [0.4, 0.5) is 5.69 Å². The summed E-state index contributed by atoms with van der Waals surface area (Å²) in [6, 6.07) is 25.9. The second kappa shape index (κ2) is 10.1. The standard InChI is InChI=1S/C23H25N3O2/c1-27-22-12-10-21(11-13-22)26-23(24)25-15-19-8-5-9-20(14-19)17-28-16-18-6-3-2-4-7-18/h2-14H,15-17H2,1H3,(H3,24,25,26). The average Bonchev–Trinajstić information content (AvgIpc) is 2.74. The average molecular weight is 375 g/mol. The molecule has 5 nitrogen and oxygen atoms in total. The predicted molar refractivity (Wildman–Crippen MR) is 113 cm³/mol. The zero-order valence-corrected chi connectivity index (χ0v) is 16.0. The molecule has 0 aromatic heterocycles. The Hall–Kier alpha value is -3.31. The normalized spacial score (nSPS) is 11.2. The minimum absolute atomic E-state index is 0.371. The van der Waals surface area contributed by atoms with Gasteiger partial charge in [0.1, 0.15) is 5.75 Å². The van der Waals surface area contributed by atoms with E-state index in [4.69, 9.17) is 15.2 Å². The molecular formula is C23H25N3O2. The Kier molecular flexibility index (Phi) is 7.04. The Balaban J connectivity index is 1.50. The van der Waals surface area contributed by atoms with Gasteiger partial charge >= 0.3 is 0 Å². The largest absolute Gasteiger partial charge is 0.497 e. The first-order valence-corrected chi connectivity index (χ1v) is 9.13. The second-order valence-corrected chi connectivity index (χ2v) is 6.35. The van der Waals surface area contributed by atoms with Crippen LogP contribution in [0.2, 0.25) is 0 Å². The molecule has 0 heterocycles. The van der Waals surface area contributed by atoms with Crippen molar-refractivity contribution in [2.24, 2.45) is 10.7 Å². The number of aliphatic imine (C=N–C) groups is 1. The van der Waals surface area contributed by atoms with Crippen LogP contribution in [0.15, 0.2) is 83.9 Å². The molecule has 0 saturated carbocycles. The Bertz CT molecular complexity index is 893. The number of guanidine groups is 1. The lowest BCUT2D eigenvalue weighted by Gasteiger charge is -2.08. The third-order valence-electron chi connectivity index (χ3n) is 4.17. The molecule has 0 fully saturated rings. The van der Waals surface area contributed by atoms with Crippen LogP contribution in [0.1, 0.15) is 16.7 Å². The van der Waals surface area contributed by atoms with Crippen LogP contribution in [0.25, 0.3) is 0 Å². The monoisotopic (exact) mass is 375 g/mol. The molecule has 0 saturated heterocycles. The molecule has 144 valence electrons. The van der Waals surface area contributed by atoms with Gasteiger partial charge in [0.15, 0.2) is 5.96 Å². The highest BCUT2D eigenvalue weighted by Crippen LogP contribution is 2.15. The van der Waals surface area contributed by atoms with Crippen molar-refractivity contribution < 1.29 is 9.47 Å². The van der Waals surface area contributed by atoms with E-state index in [-0.39, 0.29) is 0 Å². The van der Waals surface area contributed by atoms with E-state index < -0.39 is 0 Å². The van der Waals surface area contributed by atoms with E-state index in [1.165, 1.54) is 5.56 Å². The molecule has 3 aromatic carbocycles. The van der Waals surface area contributed by atoms with Crippen molar-refractivity contribution in [3.63, 3.8) is 0 Å². The number of rotatable bonds is 8. The minimum atomic E-state index is 0.371. The summed E-state index contributed by atoms with van der Waals surface area (Å²) >= 11 is 0. The van der Waals surface area contributed by atoms with E-state index in [0.717, 1.165) is 22.6 Å². The van der Waals surface area contributed by atoms with Gasteiger partial charge in [-0.2, -0.15) is 0 Å². The van der Waals surface area contributed by atoms with Crippen molar-refractivity contribution >= 4 is 11.6 Å². The zero-order valence-electron chi connectivity index (χ0n) is 16.0. The molecule has 0 aliphatic rings. The number of nitrogens with two attached hydrogens (primary N) is 1. The molecule has 0 aliphatic carbocycles. The van der Waals surface area contributed by atoms with Crippen molar-refractivity contribution in [1.29, 1.82) is 0 Å². The number of nitrogens with zero attached hydrogens (tertiary/aromatic N) is 1. The van der Waals surface area contributed by atoms with Crippen molar-refractivity contribution in [2.75, 3.05) is 12.4 Å². The summed E-state index contributed by atoms with van der Waals surface area (Å²) in [5, 5.41) is 3.08. The van der Waals surface area contributed by atoms with E-state index in [9.17, 15) is 0 Å². The third kappa shape index (κ3) is 6.14. The lowest BCUT2D eigenvalue weighted by atomic mass is 10.1. The fourth-order valence-corrected chi connectivity index (χ4v) is 2.72. The highest BCUT2D eigenvalue weighted by Gasteiger charge is 2.00. The van der Waals surface area contributed by atoms with Gasteiger partial charge in [-0.3, -0.25) is 0 Å². The van der Waals surface area contributed by atoms with Crippen LogP contribution in [0.3, 0.4) is 0 Å². The van der Waals surface area contributed by atoms with Crippen LogP contribution in [-0.2, 0) is 24.5 Å². The maximum absolute atomic E-state index is 5.99. The number of nitrogens with one attached hydrogen (secondary N) is 1. The first kappa shape index (κ1) is 19.5. The SMILES string of the molecule is COc1ccc(NC(N)=NCc2cccc(COCc3ccccc3)c2)cc1. The molecule has 5 heteroatoms. The van der Waals surface area contributed by atoms with Crippen molar-refractivity contribution in [3.8, 4) is 5.75 Å². The number of methoxy groups -OCH3 is 1. The third-order valence-corrected chi connectivity index (χ3v) is 4.17. The molecule has 0 aliphatic heterocycles. The van der Waals surface area contributed by atoms with Gasteiger partial charge in [-0.1, -0.05) is 54.6 Å². The molecule has 28 heavy (non-hydrogen) atoms. The first-order valence-electron chi connectivity index (χ1n) is 9.13. The van der Waals surface area contributed by atoms with E-state index >= 15 is 0 Å².